The molecule has 0 saturated heterocycles. The number of amides is 2. The van der Waals surface area contributed by atoms with Crippen molar-refractivity contribution in [1.82, 2.24) is 10.6 Å². The molecule has 0 aromatic heterocycles. The number of rotatable bonds is 7. The lowest BCUT2D eigenvalue weighted by atomic mass is 10.2. The van der Waals surface area contributed by atoms with Gasteiger partial charge in [-0.05, 0) is 12.5 Å². The SMILES string of the molecule is CC#CCOC[C@@H](NC(C)=O)C(=O)NCc1ccccc1. The number of benzene rings is 1. The summed E-state index contributed by atoms with van der Waals surface area (Å²) in [6, 6.07) is 8.83. The number of hydrogen-bond donors (Lipinski definition) is 2. The maximum Gasteiger partial charge on any atom is 0.245 e. The van der Waals surface area contributed by atoms with Crippen molar-refractivity contribution in [2.24, 2.45) is 0 Å². The van der Waals surface area contributed by atoms with Crippen molar-refractivity contribution in [3.8, 4) is 11.8 Å². The molecule has 0 bridgehead atoms. The van der Waals surface area contributed by atoms with Gasteiger partial charge in [0.2, 0.25) is 11.8 Å². The van der Waals surface area contributed by atoms with E-state index in [9.17, 15) is 9.59 Å². The summed E-state index contributed by atoms with van der Waals surface area (Å²) in [6.45, 7) is 3.81. The van der Waals surface area contributed by atoms with Gasteiger partial charge in [-0.25, -0.2) is 0 Å². The standard InChI is InChI=1S/C16H20N2O3/c1-3-4-10-21-12-15(18-13(2)19)16(20)17-11-14-8-6-5-7-9-14/h5-9,15H,10-12H2,1-2H3,(H,17,20)(H,18,19)/t15-/m1/s1. The number of carbonyl (C=O) groups excluding carboxylic acids is 2. The Hall–Kier alpha value is -2.32. The highest BCUT2D eigenvalue weighted by Gasteiger charge is 2.19. The fourth-order valence-corrected chi connectivity index (χ4v) is 1.64. The first-order chi connectivity index (χ1) is 10.1. The molecule has 0 heterocycles. The Labute approximate surface area is 125 Å². The largest absolute Gasteiger partial charge is 0.366 e. The van der Waals surface area contributed by atoms with E-state index in [1.807, 2.05) is 30.3 Å². The van der Waals surface area contributed by atoms with Gasteiger partial charge in [-0.15, -0.1) is 5.92 Å². The normalized spacial score (nSPS) is 11.0. The highest BCUT2D eigenvalue weighted by Crippen LogP contribution is 1.98. The molecule has 5 nitrogen and oxygen atoms in total. The fourth-order valence-electron chi connectivity index (χ4n) is 1.64. The summed E-state index contributed by atoms with van der Waals surface area (Å²) in [6.07, 6.45) is 0. The zero-order chi connectivity index (χ0) is 15.5. The second-order valence-electron chi connectivity index (χ2n) is 4.40. The van der Waals surface area contributed by atoms with Crippen molar-refractivity contribution in [1.29, 1.82) is 0 Å². The summed E-state index contributed by atoms with van der Waals surface area (Å²) in [5, 5.41) is 5.34. The van der Waals surface area contributed by atoms with Gasteiger partial charge < -0.3 is 15.4 Å². The molecule has 112 valence electrons. The second kappa shape index (κ2) is 9.56. The highest BCUT2D eigenvalue weighted by molar-refractivity contribution is 5.86. The first-order valence-corrected chi connectivity index (χ1v) is 6.69. The second-order valence-corrected chi connectivity index (χ2v) is 4.40. The topological polar surface area (TPSA) is 67.4 Å². The van der Waals surface area contributed by atoms with Crippen LogP contribution in [0.25, 0.3) is 0 Å². The van der Waals surface area contributed by atoms with Gasteiger partial charge in [0.05, 0.1) is 6.61 Å². The summed E-state index contributed by atoms with van der Waals surface area (Å²) in [5.41, 5.74) is 0.991. The Morgan fingerprint density at radius 1 is 1.29 bits per heavy atom. The van der Waals surface area contributed by atoms with Crippen LogP contribution in [0.5, 0.6) is 0 Å². The summed E-state index contributed by atoms with van der Waals surface area (Å²) < 4.78 is 5.26. The molecule has 0 fully saturated rings. The van der Waals surface area contributed by atoms with Crippen molar-refractivity contribution in [2.45, 2.75) is 26.4 Å². The summed E-state index contributed by atoms with van der Waals surface area (Å²) >= 11 is 0. The molecule has 21 heavy (non-hydrogen) atoms. The molecule has 2 N–H and O–H groups in total. The van der Waals surface area contributed by atoms with E-state index in [0.29, 0.717) is 6.54 Å². The first kappa shape index (κ1) is 16.7. The van der Waals surface area contributed by atoms with Crippen LogP contribution in [-0.4, -0.2) is 31.1 Å². The van der Waals surface area contributed by atoms with Gasteiger partial charge in [0.1, 0.15) is 12.6 Å². The van der Waals surface area contributed by atoms with Crippen LogP contribution in [-0.2, 0) is 20.9 Å². The van der Waals surface area contributed by atoms with Gasteiger partial charge in [0.25, 0.3) is 0 Å². The van der Waals surface area contributed by atoms with E-state index in [1.54, 1.807) is 6.92 Å². The van der Waals surface area contributed by atoms with E-state index >= 15 is 0 Å². The van der Waals surface area contributed by atoms with Crippen molar-refractivity contribution in [3.63, 3.8) is 0 Å². The zero-order valence-electron chi connectivity index (χ0n) is 12.3. The minimum Gasteiger partial charge on any atom is -0.366 e. The smallest absolute Gasteiger partial charge is 0.245 e. The van der Waals surface area contributed by atoms with Gasteiger partial charge in [-0.2, -0.15) is 0 Å². The van der Waals surface area contributed by atoms with Crippen LogP contribution in [0.1, 0.15) is 19.4 Å². The quantitative estimate of drug-likeness (QED) is 0.577. The number of carbonyl (C=O) groups is 2. The molecule has 1 aromatic rings. The van der Waals surface area contributed by atoms with E-state index in [0.717, 1.165) is 5.56 Å². The lowest BCUT2D eigenvalue weighted by molar-refractivity contribution is -0.129. The molecule has 2 amide bonds. The summed E-state index contributed by atoms with van der Waals surface area (Å²) in [7, 11) is 0. The molecule has 0 unspecified atom stereocenters. The first-order valence-electron chi connectivity index (χ1n) is 6.69. The molecule has 0 saturated carbocycles. The van der Waals surface area contributed by atoms with E-state index in [4.69, 9.17) is 4.74 Å². The van der Waals surface area contributed by atoms with Crippen molar-refractivity contribution in [3.05, 3.63) is 35.9 Å². The molecule has 1 aromatic carbocycles. The highest BCUT2D eigenvalue weighted by atomic mass is 16.5. The third kappa shape index (κ3) is 7.14. The maximum absolute atomic E-state index is 12.1. The number of ether oxygens (including phenoxy) is 1. The summed E-state index contributed by atoms with van der Waals surface area (Å²) in [4.78, 5) is 23.2. The summed E-state index contributed by atoms with van der Waals surface area (Å²) in [5.74, 6) is 4.88. The predicted molar refractivity (Wildman–Crippen MR) is 80.2 cm³/mol. The van der Waals surface area contributed by atoms with Crippen LogP contribution < -0.4 is 10.6 Å². The van der Waals surface area contributed by atoms with E-state index in [2.05, 4.69) is 22.5 Å². The molecule has 0 aliphatic rings. The molecule has 0 aliphatic heterocycles. The van der Waals surface area contributed by atoms with Crippen molar-refractivity contribution < 1.29 is 14.3 Å². The van der Waals surface area contributed by atoms with Gasteiger partial charge in [0, 0.05) is 13.5 Å². The van der Waals surface area contributed by atoms with Crippen LogP contribution in [0.4, 0.5) is 0 Å². The van der Waals surface area contributed by atoms with Crippen LogP contribution in [0, 0.1) is 11.8 Å². The van der Waals surface area contributed by atoms with Crippen molar-refractivity contribution in [2.75, 3.05) is 13.2 Å². The van der Waals surface area contributed by atoms with Crippen molar-refractivity contribution >= 4 is 11.8 Å². The molecule has 0 aliphatic carbocycles. The lowest BCUT2D eigenvalue weighted by Gasteiger charge is -2.17. The Morgan fingerprint density at radius 3 is 2.62 bits per heavy atom. The number of nitrogens with one attached hydrogen (secondary N) is 2. The third-order valence-corrected chi connectivity index (χ3v) is 2.64. The van der Waals surface area contributed by atoms with Crippen LogP contribution >= 0.6 is 0 Å². The van der Waals surface area contributed by atoms with Crippen LogP contribution in [0.15, 0.2) is 30.3 Å². The monoisotopic (exact) mass is 288 g/mol. The lowest BCUT2D eigenvalue weighted by Crippen LogP contribution is -2.48. The Morgan fingerprint density at radius 2 is 2.00 bits per heavy atom. The van der Waals surface area contributed by atoms with Gasteiger partial charge in [0.15, 0.2) is 0 Å². The van der Waals surface area contributed by atoms with Crippen LogP contribution in [0.3, 0.4) is 0 Å². The molecule has 0 radical (unpaired) electrons. The number of hydrogen-bond acceptors (Lipinski definition) is 3. The van der Waals surface area contributed by atoms with Gasteiger partial charge in [-0.3, -0.25) is 9.59 Å². The molecule has 1 atom stereocenters. The fraction of sp³-hybridized carbons (Fsp3) is 0.375. The average Bonchev–Trinajstić information content (AvgIpc) is 2.48. The zero-order valence-corrected chi connectivity index (χ0v) is 12.3. The van der Waals surface area contributed by atoms with E-state index in [-0.39, 0.29) is 25.0 Å². The molecule has 5 heteroatoms. The Bertz CT molecular complexity index is 517. The van der Waals surface area contributed by atoms with E-state index < -0.39 is 6.04 Å². The predicted octanol–water partition coefficient (Wildman–Crippen LogP) is 0.847. The third-order valence-electron chi connectivity index (χ3n) is 2.64. The minimum absolute atomic E-state index is 0.0921. The van der Waals surface area contributed by atoms with Crippen LogP contribution in [0.2, 0.25) is 0 Å². The Kier molecular flexibility index (Phi) is 7.62. The average molecular weight is 288 g/mol. The Balaban J connectivity index is 2.49. The molecule has 1 rings (SSSR count). The maximum atomic E-state index is 12.1. The molecule has 0 spiro atoms. The molecular weight excluding hydrogens is 268 g/mol. The minimum atomic E-state index is -0.718. The van der Waals surface area contributed by atoms with E-state index in [1.165, 1.54) is 6.92 Å². The molecular formula is C16H20N2O3. The van der Waals surface area contributed by atoms with Gasteiger partial charge in [-0.1, -0.05) is 36.3 Å². The van der Waals surface area contributed by atoms with Gasteiger partial charge >= 0.3 is 0 Å².